The number of thiocarbonyl (C=S) groups is 1. The summed E-state index contributed by atoms with van der Waals surface area (Å²) in [6.45, 7) is 3.93. The number of hydrazine groups is 1. The Morgan fingerprint density at radius 1 is 1.41 bits per heavy atom. The van der Waals surface area contributed by atoms with Crippen LogP contribution >= 0.6 is 24.0 Å². The van der Waals surface area contributed by atoms with Crippen LogP contribution in [-0.4, -0.2) is 34.4 Å². The second-order valence-electron chi connectivity index (χ2n) is 4.57. The van der Waals surface area contributed by atoms with Gasteiger partial charge in [-0.3, -0.25) is 9.59 Å². The van der Waals surface area contributed by atoms with Gasteiger partial charge < -0.3 is 4.74 Å². The van der Waals surface area contributed by atoms with E-state index in [9.17, 15) is 9.59 Å². The minimum Gasteiger partial charge on any atom is -0.465 e. The van der Waals surface area contributed by atoms with Gasteiger partial charge in [-0.05, 0) is 25.5 Å². The van der Waals surface area contributed by atoms with Gasteiger partial charge in [0.15, 0.2) is 4.32 Å². The SMILES string of the molecule is CCOC(=O)CNN1C(=O)/C(=C\c2ccc(C)cc2)SC1=S. The van der Waals surface area contributed by atoms with Crippen molar-refractivity contribution in [3.63, 3.8) is 0 Å². The van der Waals surface area contributed by atoms with Crippen molar-refractivity contribution in [1.29, 1.82) is 0 Å². The molecule has 0 saturated carbocycles. The molecule has 116 valence electrons. The Morgan fingerprint density at radius 2 is 2.09 bits per heavy atom. The summed E-state index contributed by atoms with van der Waals surface area (Å²) in [5, 5.41) is 1.21. The molecule has 1 aliphatic rings. The maximum atomic E-state index is 12.3. The van der Waals surface area contributed by atoms with E-state index >= 15 is 0 Å². The van der Waals surface area contributed by atoms with Crippen molar-refractivity contribution in [2.45, 2.75) is 13.8 Å². The molecule has 0 unspecified atom stereocenters. The predicted molar refractivity (Wildman–Crippen MR) is 90.8 cm³/mol. The molecule has 2 rings (SSSR count). The second kappa shape index (κ2) is 7.53. The Hall–Kier alpha value is -1.70. The normalized spacial score (nSPS) is 16.5. The molecule has 5 nitrogen and oxygen atoms in total. The largest absolute Gasteiger partial charge is 0.465 e. The van der Waals surface area contributed by atoms with Gasteiger partial charge in [-0.15, -0.1) is 0 Å². The van der Waals surface area contributed by atoms with E-state index < -0.39 is 5.97 Å². The lowest BCUT2D eigenvalue weighted by atomic mass is 10.1. The number of hydrogen-bond donors (Lipinski definition) is 1. The number of carbonyl (C=O) groups excluding carboxylic acids is 2. The van der Waals surface area contributed by atoms with Crippen molar-refractivity contribution < 1.29 is 14.3 Å². The van der Waals surface area contributed by atoms with Gasteiger partial charge in [0, 0.05) is 0 Å². The number of rotatable bonds is 5. The molecule has 1 amide bonds. The van der Waals surface area contributed by atoms with Crippen molar-refractivity contribution in [3.05, 3.63) is 40.3 Å². The summed E-state index contributed by atoms with van der Waals surface area (Å²) >= 11 is 6.36. The van der Waals surface area contributed by atoms with E-state index in [-0.39, 0.29) is 12.5 Å². The highest BCUT2D eigenvalue weighted by molar-refractivity contribution is 8.26. The summed E-state index contributed by atoms with van der Waals surface area (Å²) in [5.74, 6) is -0.695. The number of ether oxygens (including phenoxy) is 1. The molecular weight excluding hydrogens is 320 g/mol. The standard InChI is InChI=1S/C15H16N2O3S2/c1-3-20-13(18)9-16-17-14(19)12(22-15(17)21)8-11-6-4-10(2)5-7-11/h4-8,16H,3,9H2,1-2H3/b12-8+. The minimum absolute atomic E-state index is 0.0991. The first-order valence-electron chi connectivity index (χ1n) is 6.75. The Kier molecular flexibility index (Phi) is 5.70. The van der Waals surface area contributed by atoms with E-state index in [1.807, 2.05) is 31.2 Å². The van der Waals surface area contributed by atoms with Crippen LogP contribution in [0.15, 0.2) is 29.2 Å². The molecular formula is C15H16N2O3S2. The molecule has 1 N–H and O–H groups in total. The zero-order valence-corrected chi connectivity index (χ0v) is 13.9. The minimum atomic E-state index is -0.431. The number of benzene rings is 1. The van der Waals surface area contributed by atoms with E-state index in [1.54, 1.807) is 13.0 Å². The number of nitrogens with one attached hydrogen (secondary N) is 1. The highest BCUT2D eigenvalue weighted by atomic mass is 32.2. The Balaban J connectivity index is 2.05. The maximum absolute atomic E-state index is 12.3. The van der Waals surface area contributed by atoms with Gasteiger partial charge in [-0.25, -0.2) is 10.4 Å². The van der Waals surface area contributed by atoms with E-state index in [4.69, 9.17) is 17.0 Å². The average molecular weight is 336 g/mol. The van der Waals surface area contributed by atoms with Gasteiger partial charge in [0.05, 0.1) is 11.5 Å². The van der Waals surface area contributed by atoms with Gasteiger partial charge in [0.2, 0.25) is 0 Å². The highest BCUT2D eigenvalue weighted by Crippen LogP contribution is 2.31. The third-order valence-corrected chi connectivity index (χ3v) is 4.16. The molecule has 0 radical (unpaired) electrons. The molecule has 1 fully saturated rings. The monoisotopic (exact) mass is 336 g/mol. The first kappa shape index (κ1) is 16.7. The van der Waals surface area contributed by atoms with Gasteiger partial charge in [0.25, 0.3) is 5.91 Å². The molecule has 1 aliphatic heterocycles. The molecule has 0 bridgehead atoms. The quantitative estimate of drug-likeness (QED) is 0.506. The van der Waals surface area contributed by atoms with Crippen LogP contribution in [0, 0.1) is 6.92 Å². The van der Waals surface area contributed by atoms with Crippen LogP contribution in [-0.2, 0) is 14.3 Å². The summed E-state index contributed by atoms with van der Waals surface area (Å²) in [6.07, 6.45) is 1.78. The molecule has 0 atom stereocenters. The Labute approximate surface area is 138 Å². The van der Waals surface area contributed by atoms with Crippen LogP contribution in [0.5, 0.6) is 0 Å². The molecule has 0 spiro atoms. The predicted octanol–water partition coefficient (Wildman–Crippen LogP) is 2.26. The summed E-state index contributed by atoms with van der Waals surface area (Å²) in [4.78, 5) is 24.1. The van der Waals surface area contributed by atoms with Crippen molar-refractivity contribution in [3.8, 4) is 0 Å². The van der Waals surface area contributed by atoms with Crippen LogP contribution < -0.4 is 5.43 Å². The van der Waals surface area contributed by atoms with Crippen molar-refractivity contribution in [1.82, 2.24) is 10.4 Å². The van der Waals surface area contributed by atoms with Crippen LogP contribution in [0.25, 0.3) is 6.08 Å². The van der Waals surface area contributed by atoms with Crippen LogP contribution in [0.3, 0.4) is 0 Å². The summed E-state index contributed by atoms with van der Waals surface area (Å²) in [6, 6.07) is 7.83. The summed E-state index contributed by atoms with van der Waals surface area (Å²) in [7, 11) is 0. The van der Waals surface area contributed by atoms with Crippen LogP contribution in [0.1, 0.15) is 18.1 Å². The molecule has 1 aromatic carbocycles. The number of carbonyl (C=O) groups is 2. The first-order chi connectivity index (χ1) is 10.5. The zero-order valence-electron chi connectivity index (χ0n) is 12.3. The van der Waals surface area contributed by atoms with Crippen LogP contribution in [0.4, 0.5) is 0 Å². The number of esters is 1. The molecule has 7 heteroatoms. The number of nitrogens with zero attached hydrogens (tertiary/aromatic N) is 1. The lowest BCUT2D eigenvalue weighted by Crippen LogP contribution is -2.44. The number of thioether (sulfide) groups is 1. The highest BCUT2D eigenvalue weighted by Gasteiger charge is 2.32. The number of hydrogen-bond acceptors (Lipinski definition) is 6. The average Bonchev–Trinajstić information content (AvgIpc) is 2.74. The van der Waals surface area contributed by atoms with Gasteiger partial charge in [-0.1, -0.05) is 53.8 Å². The second-order valence-corrected chi connectivity index (χ2v) is 6.24. The van der Waals surface area contributed by atoms with Crippen molar-refractivity contribution in [2.75, 3.05) is 13.2 Å². The summed E-state index contributed by atoms with van der Waals surface area (Å²) < 4.78 is 5.17. The molecule has 1 aromatic rings. The molecule has 0 aromatic heterocycles. The summed E-state index contributed by atoms with van der Waals surface area (Å²) in [5.41, 5.74) is 4.78. The topological polar surface area (TPSA) is 58.6 Å². The van der Waals surface area contributed by atoms with Gasteiger partial charge in [0.1, 0.15) is 6.54 Å². The fourth-order valence-corrected chi connectivity index (χ4v) is 2.99. The lowest BCUT2D eigenvalue weighted by Gasteiger charge is -2.14. The Bertz CT molecular complexity index is 626. The third-order valence-electron chi connectivity index (χ3n) is 2.86. The van der Waals surface area contributed by atoms with Gasteiger partial charge in [-0.2, -0.15) is 0 Å². The number of aryl methyl sites for hydroxylation is 1. The fraction of sp³-hybridized carbons (Fsp3) is 0.267. The van der Waals surface area contributed by atoms with Gasteiger partial charge >= 0.3 is 5.97 Å². The zero-order chi connectivity index (χ0) is 16.1. The molecule has 0 aliphatic carbocycles. The van der Waals surface area contributed by atoms with E-state index in [1.165, 1.54) is 16.8 Å². The molecule has 22 heavy (non-hydrogen) atoms. The van der Waals surface area contributed by atoms with E-state index in [2.05, 4.69) is 5.43 Å². The first-order valence-corrected chi connectivity index (χ1v) is 7.97. The van der Waals surface area contributed by atoms with Crippen molar-refractivity contribution in [2.24, 2.45) is 0 Å². The molecule has 1 saturated heterocycles. The smallest absolute Gasteiger partial charge is 0.321 e. The van der Waals surface area contributed by atoms with E-state index in [0.29, 0.717) is 15.8 Å². The van der Waals surface area contributed by atoms with E-state index in [0.717, 1.165) is 11.1 Å². The lowest BCUT2D eigenvalue weighted by molar-refractivity contribution is -0.143. The fourth-order valence-electron chi connectivity index (χ4n) is 1.77. The Morgan fingerprint density at radius 3 is 2.73 bits per heavy atom. The molecule has 1 heterocycles. The number of amides is 1. The van der Waals surface area contributed by atoms with Crippen molar-refractivity contribution >= 4 is 46.3 Å². The van der Waals surface area contributed by atoms with Crippen LogP contribution in [0.2, 0.25) is 0 Å². The third kappa shape index (κ3) is 4.16. The maximum Gasteiger partial charge on any atom is 0.321 e.